The van der Waals surface area contributed by atoms with Crippen LogP contribution in [0.1, 0.15) is 52.9 Å². The molecule has 0 radical (unpaired) electrons. The summed E-state index contributed by atoms with van der Waals surface area (Å²) in [6, 6.07) is 0. The molecule has 1 unspecified atom stereocenters. The van der Waals surface area contributed by atoms with Gasteiger partial charge in [0, 0.05) is 23.2 Å². The van der Waals surface area contributed by atoms with Crippen molar-refractivity contribution in [1.29, 1.82) is 0 Å². The normalized spacial score (nSPS) is 58.7. The zero-order valence-electron chi connectivity index (χ0n) is 15.9. The Morgan fingerprint density at radius 3 is 2.35 bits per heavy atom. The Labute approximate surface area is 154 Å². The number of aliphatic hydroxyl groups excluding tert-OH is 3. The van der Waals surface area contributed by atoms with Gasteiger partial charge in [-0.3, -0.25) is 0 Å². The van der Waals surface area contributed by atoms with Crippen LogP contribution in [0, 0.1) is 22.7 Å². The summed E-state index contributed by atoms with van der Waals surface area (Å²) in [4.78, 5) is 0. The fourth-order valence-corrected chi connectivity index (χ4v) is 6.58. The van der Waals surface area contributed by atoms with E-state index in [0.29, 0.717) is 19.3 Å². The van der Waals surface area contributed by atoms with Crippen LogP contribution in [0.5, 0.6) is 0 Å². The number of fused-ring (bicyclic) bond motifs is 3. The van der Waals surface area contributed by atoms with Crippen molar-refractivity contribution in [2.24, 2.45) is 22.7 Å². The molecule has 9 atom stereocenters. The van der Waals surface area contributed by atoms with Crippen LogP contribution < -0.4 is 0 Å². The van der Waals surface area contributed by atoms with Gasteiger partial charge < -0.3 is 30.3 Å². The molecule has 4 aliphatic rings. The second kappa shape index (κ2) is 5.31. The average Bonchev–Trinajstić information content (AvgIpc) is 2.63. The molecule has 0 aromatic rings. The second-order valence-electron chi connectivity index (χ2n) is 10.0. The monoisotopic (exact) mass is 368 g/mol. The minimum Gasteiger partial charge on any atom is -0.392 e. The highest BCUT2D eigenvalue weighted by Crippen LogP contribution is 2.65. The lowest BCUT2D eigenvalue weighted by atomic mass is 9.56. The molecule has 6 nitrogen and oxygen atoms in total. The zero-order chi connectivity index (χ0) is 19.3. The summed E-state index contributed by atoms with van der Waals surface area (Å²) >= 11 is 0. The molecule has 26 heavy (non-hydrogen) atoms. The van der Waals surface area contributed by atoms with E-state index in [0.717, 1.165) is 12.0 Å². The molecule has 4 bridgehead atoms. The van der Waals surface area contributed by atoms with Gasteiger partial charge in [-0.2, -0.15) is 0 Å². The van der Waals surface area contributed by atoms with E-state index in [-0.39, 0.29) is 18.3 Å². The highest BCUT2D eigenvalue weighted by atomic mass is 16.6. The molecule has 4 fully saturated rings. The topological polar surface area (TPSA) is 110 Å². The van der Waals surface area contributed by atoms with Gasteiger partial charge in [-0.15, -0.1) is 0 Å². The molecule has 0 aromatic carbocycles. The quantitative estimate of drug-likeness (QED) is 0.403. The summed E-state index contributed by atoms with van der Waals surface area (Å²) in [5, 5.41) is 55.0. The van der Waals surface area contributed by atoms with Crippen LogP contribution >= 0.6 is 0 Å². The predicted octanol–water partition coefficient (Wildman–Crippen LogP) is 0.700. The molecular weight excluding hydrogens is 336 g/mol. The van der Waals surface area contributed by atoms with Gasteiger partial charge in [0.05, 0.1) is 23.9 Å². The van der Waals surface area contributed by atoms with Crippen LogP contribution in [-0.2, 0) is 4.74 Å². The van der Waals surface area contributed by atoms with Crippen molar-refractivity contribution in [3.63, 3.8) is 0 Å². The van der Waals surface area contributed by atoms with Crippen molar-refractivity contribution in [1.82, 2.24) is 0 Å². The maximum absolute atomic E-state index is 11.3. The third kappa shape index (κ3) is 2.09. The van der Waals surface area contributed by atoms with E-state index in [2.05, 4.69) is 6.58 Å². The van der Waals surface area contributed by atoms with Gasteiger partial charge in [0.2, 0.25) is 0 Å². The van der Waals surface area contributed by atoms with Crippen molar-refractivity contribution in [3.8, 4) is 0 Å². The Kier molecular flexibility index (Phi) is 3.85. The van der Waals surface area contributed by atoms with Gasteiger partial charge in [0.15, 0.2) is 5.79 Å². The average molecular weight is 368 g/mol. The van der Waals surface area contributed by atoms with Crippen molar-refractivity contribution in [2.45, 2.75) is 88.7 Å². The summed E-state index contributed by atoms with van der Waals surface area (Å²) in [5.74, 6) is -2.31. The predicted molar refractivity (Wildman–Crippen MR) is 93.9 cm³/mol. The van der Waals surface area contributed by atoms with E-state index >= 15 is 0 Å². The molecule has 148 valence electrons. The van der Waals surface area contributed by atoms with E-state index < -0.39 is 46.6 Å². The zero-order valence-corrected chi connectivity index (χ0v) is 15.9. The fourth-order valence-electron chi connectivity index (χ4n) is 6.58. The SMILES string of the molecule is C=C1[C@@H]2C[C@H](O)C(C)(C)C(O)(O2)[C@H](O)C[C@]23C[C@@](C)(O)[C@H](CC[C@@H]12)[C@H]3O. The molecule has 2 heterocycles. The maximum atomic E-state index is 11.3. The Hall–Kier alpha value is -0.500. The standard InChI is InChI=1S/C20H32O6/c1-10-11-5-6-12-16(23)19(11,9-18(12,4)24)8-15(22)20(25)17(2,3)14(21)7-13(10)26-20/h11-16,21-25H,1,5-9H2,2-4H3/t11-,12+,13-,14-,15+,16+,18+,19-,20?/m0/s1. The van der Waals surface area contributed by atoms with Crippen molar-refractivity contribution in [3.05, 3.63) is 12.2 Å². The van der Waals surface area contributed by atoms with Gasteiger partial charge in [-0.05, 0) is 44.1 Å². The highest BCUT2D eigenvalue weighted by molar-refractivity contribution is 5.26. The van der Waals surface area contributed by atoms with Crippen molar-refractivity contribution < 1.29 is 30.3 Å². The van der Waals surface area contributed by atoms with Gasteiger partial charge in [0.1, 0.15) is 6.10 Å². The first-order valence-corrected chi connectivity index (χ1v) is 9.72. The maximum Gasteiger partial charge on any atom is 0.200 e. The summed E-state index contributed by atoms with van der Waals surface area (Å²) in [5.41, 5.74) is -2.08. The van der Waals surface area contributed by atoms with Crippen LogP contribution in [0.3, 0.4) is 0 Å². The molecule has 5 N–H and O–H groups in total. The highest BCUT2D eigenvalue weighted by Gasteiger charge is 2.69. The summed E-state index contributed by atoms with van der Waals surface area (Å²) in [7, 11) is 0. The second-order valence-corrected chi connectivity index (χ2v) is 10.0. The minimum atomic E-state index is -1.95. The molecule has 2 saturated carbocycles. The van der Waals surface area contributed by atoms with Crippen molar-refractivity contribution >= 4 is 0 Å². The molecule has 4 rings (SSSR count). The van der Waals surface area contributed by atoms with E-state index in [1.807, 2.05) is 0 Å². The number of ether oxygens (including phenoxy) is 1. The Bertz CT molecular complexity index is 630. The van der Waals surface area contributed by atoms with E-state index in [1.54, 1.807) is 20.8 Å². The Morgan fingerprint density at radius 2 is 1.69 bits per heavy atom. The molecule has 2 aliphatic carbocycles. The van der Waals surface area contributed by atoms with E-state index in [4.69, 9.17) is 4.74 Å². The fraction of sp³-hybridized carbons (Fsp3) is 0.900. The van der Waals surface area contributed by atoms with Crippen molar-refractivity contribution in [2.75, 3.05) is 0 Å². The van der Waals surface area contributed by atoms with Gasteiger partial charge in [-0.1, -0.05) is 20.4 Å². The summed E-state index contributed by atoms with van der Waals surface area (Å²) in [6.07, 6.45) is -1.30. The Morgan fingerprint density at radius 1 is 1.04 bits per heavy atom. The first-order valence-electron chi connectivity index (χ1n) is 9.72. The number of hydrogen-bond donors (Lipinski definition) is 5. The van der Waals surface area contributed by atoms with E-state index in [9.17, 15) is 25.5 Å². The van der Waals surface area contributed by atoms with Crippen LogP contribution in [-0.4, -0.2) is 61.3 Å². The molecule has 0 aromatic heterocycles. The first kappa shape index (κ1) is 18.8. The lowest BCUT2D eigenvalue weighted by molar-refractivity contribution is -0.373. The number of rotatable bonds is 0. The van der Waals surface area contributed by atoms with Gasteiger partial charge >= 0.3 is 0 Å². The molecule has 6 heteroatoms. The van der Waals surface area contributed by atoms with Crippen LogP contribution in [0.15, 0.2) is 12.2 Å². The largest absolute Gasteiger partial charge is 0.392 e. The summed E-state index contributed by atoms with van der Waals surface area (Å²) < 4.78 is 5.97. The number of hydrogen-bond acceptors (Lipinski definition) is 6. The molecule has 1 spiro atoms. The number of aliphatic hydroxyl groups is 5. The van der Waals surface area contributed by atoms with Crippen LogP contribution in [0.2, 0.25) is 0 Å². The molecule has 2 aliphatic heterocycles. The Balaban J connectivity index is 1.83. The third-order valence-corrected chi connectivity index (χ3v) is 8.32. The third-order valence-electron chi connectivity index (χ3n) is 8.32. The lowest BCUT2D eigenvalue weighted by Gasteiger charge is -2.59. The molecular formula is C20H32O6. The summed E-state index contributed by atoms with van der Waals surface area (Å²) in [6.45, 7) is 9.35. The molecule has 0 amide bonds. The minimum absolute atomic E-state index is 0.101. The van der Waals surface area contributed by atoms with Crippen LogP contribution in [0.25, 0.3) is 0 Å². The van der Waals surface area contributed by atoms with Crippen LogP contribution in [0.4, 0.5) is 0 Å². The lowest BCUT2D eigenvalue weighted by Crippen LogP contribution is -2.68. The van der Waals surface area contributed by atoms with E-state index in [1.165, 1.54) is 0 Å². The van der Waals surface area contributed by atoms with Gasteiger partial charge in [-0.25, -0.2) is 0 Å². The molecule has 2 saturated heterocycles. The van der Waals surface area contributed by atoms with Gasteiger partial charge in [0.25, 0.3) is 0 Å². The smallest absolute Gasteiger partial charge is 0.200 e. The first-order chi connectivity index (χ1) is 11.9.